The van der Waals surface area contributed by atoms with Gasteiger partial charge in [-0.2, -0.15) is 0 Å². The second kappa shape index (κ2) is 33.7. The van der Waals surface area contributed by atoms with Crippen molar-refractivity contribution in [2.45, 2.75) is 166 Å². The van der Waals surface area contributed by atoms with Crippen LogP contribution in [0, 0.1) is 0 Å². The summed E-state index contributed by atoms with van der Waals surface area (Å²) < 4.78 is 35.6. The predicted molar refractivity (Wildman–Crippen MR) is 335 cm³/mol. The maximum Gasteiger partial charge on any atom is 0.358 e. The van der Waals surface area contributed by atoms with Gasteiger partial charge in [-0.15, -0.1) is 0 Å². The van der Waals surface area contributed by atoms with E-state index in [1.165, 1.54) is 30.5 Å². The van der Waals surface area contributed by atoms with Crippen molar-refractivity contribution in [3.8, 4) is 5.75 Å². The first-order valence-electron chi connectivity index (χ1n) is 31.7. The summed E-state index contributed by atoms with van der Waals surface area (Å²) >= 11 is 0. The first-order valence-corrected chi connectivity index (χ1v) is 31.7. The van der Waals surface area contributed by atoms with E-state index in [1.54, 1.807) is 43.3 Å². The number of hydrogen-bond acceptors (Lipinski definition) is 29. The lowest BCUT2D eigenvalue weighted by Gasteiger charge is -2.45. The molecule has 37 heteroatoms. The molecular weight excluding hydrogens is 1310 g/mol. The van der Waals surface area contributed by atoms with Crippen molar-refractivity contribution >= 4 is 53.4 Å². The minimum absolute atomic E-state index is 0.0625. The first kappa shape index (κ1) is 74.9. The van der Waals surface area contributed by atoms with Gasteiger partial charge < -0.3 is 126 Å². The molecule has 9 rings (SSSR count). The highest BCUT2D eigenvalue weighted by molar-refractivity contribution is 5.97. The zero-order valence-corrected chi connectivity index (χ0v) is 53.1. The number of nitrogens with zero attached hydrogens (tertiary/aromatic N) is 2. The number of rotatable bonds is 20. The average molecular weight is 1400 g/mol. The zero-order chi connectivity index (χ0) is 71.5. The van der Waals surface area contributed by atoms with Gasteiger partial charge in [-0.25, -0.2) is 9.57 Å². The van der Waals surface area contributed by atoms with Gasteiger partial charge in [0.15, 0.2) is 18.9 Å². The van der Waals surface area contributed by atoms with Crippen LogP contribution in [0.3, 0.4) is 0 Å². The molecule has 542 valence electrons. The van der Waals surface area contributed by atoms with E-state index in [0.717, 1.165) is 10.1 Å². The van der Waals surface area contributed by atoms with Crippen LogP contribution in [0.4, 0.5) is 0 Å². The third-order valence-electron chi connectivity index (χ3n) is 17.8. The van der Waals surface area contributed by atoms with Crippen LogP contribution in [0.25, 0.3) is 6.08 Å². The van der Waals surface area contributed by atoms with Gasteiger partial charge in [0.05, 0.1) is 32.6 Å². The standard InChI is InChI=1S/C62H84N12O25/c1-26(29-10-6-3-7-11-29)39-55(91)68-31(18-28-12-14-30(15-13-28)95-59-51(88)48(85)52(36(24-77)97-59)99-60-50(87)47(84)45(82)37(98-60)25-94-17-16-27-8-4-2-5-9-27)54(90)72-40(42(79)32-19-66-61(63)70-32)57(93)73-41(56(92)69-33(22-75)53(89)65-21-38(78)71-39)43(80)34-20-67-62(64)74(34)58-49(86)46(83)44(81)35(23-76)96-58/h2-17,26,31-37,39-52,58-60,75-77,79-88H,18-25H2,1H3,(H11,63,64,65,66,67,68,69,70,71,72,73,78,89,90,91,92,93)/p+2/b17-16-/t26-,31-,32+,33?,34+,35+,36-,37+,39-,40+,41-,42-,43-,44+,45+,46+,47+,48+,49+,50+,51-,52+,58-,59-,60+/m1/s1. The number of benzene rings is 3. The Morgan fingerprint density at radius 3 is 1.93 bits per heavy atom. The second-order valence-corrected chi connectivity index (χ2v) is 24.5. The van der Waals surface area contributed by atoms with Crippen LogP contribution in [-0.2, 0) is 49.3 Å². The fraction of sp³-hybridized carbons (Fsp3) is 0.548. The molecule has 3 saturated heterocycles. The van der Waals surface area contributed by atoms with E-state index in [9.17, 15) is 86.2 Å². The molecule has 0 aliphatic carbocycles. The molecule has 0 spiro atoms. The number of nitrogens with one attached hydrogen (secondary N) is 8. The fourth-order valence-corrected chi connectivity index (χ4v) is 12.1. The Kier molecular flexibility index (Phi) is 25.5. The van der Waals surface area contributed by atoms with E-state index in [-0.39, 0.29) is 36.4 Å². The quantitative estimate of drug-likeness (QED) is 0.0369. The van der Waals surface area contributed by atoms with Crippen LogP contribution in [0.1, 0.15) is 29.5 Å². The van der Waals surface area contributed by atoms with Crippen LogP contribution >= 0.6 is 0 Å². The summed E-state index contributed by atoms with van der Waals surface area (Å²) in [5.41, 5.74) is 13.8. The minimum Gasteiger partial charge on any atom is -0.858 e. The van der Waals surface area contributed by atoms with E-state index >= 15 is 9.59 Å². The average Bonchev–Trinajstić information content (AvgIpc) is 1.75. The molecule has 0 aromatic heterocycles. The highest BCUT2D eigenvalue weighted by atomic mass is 16.7. The van der Waals surface area contributed by atoms with Crippen LogP contribution < -0.4 is 63.2 Å². The Balaban J connectivity index is 0.993. The fourth-order valence-electron chi connectivity index (χ4n) is 12.1. The number of nitrogens with two attached hydrogens (primary N) is 2. The third-order valence-corrected chi connectivity index (χ3v) is 17.8. The normalized spacial score (nSPS) is 35.5. The lowest BCUT2D eigenvalue weighted by Crippen LogP contribution is -2.80. The molecule has 4 amide bonds. The first-order chi connectivity index (χ1) is 47.3. The molecule has 99 heavy (non-hydrogen) atoms. The molecule has 0 bridgehead atoms. The molecule has 3 aromatic rings. The molecule has 25 atom stereocenters. The monoisotopic (exact) mass is 1400 g/mol. The molecule has 3 aromatic carbocycles. The number of hydrogen-bond donors (Lipinski definition) is 24. The molecular formula is C62H86N12O25+2. The van der Waals surface area contributed by atoms with Crippen molar-refractivity contribution in [1.29, 1.82) is 0 Å². The van der Waals surface area contributed by atoms with Gasteiger partial charge in [0, 0.05) is 18.2 Å². The highest BCUT2D eigenvalue weighted by Crippen LogP contribution is 2.32. The van der Waals surface area contributed by atoms with Gasteiger partial charge in [0.2, 0.25) is 36.1 Å². The molecule has 1 unspecified atom stereocenters. The van der Waals surface area contributed by atoms with Crippen LogP contribution in [0.5, 0.6) is 5.75 Å². The molecule has 6 aliphatic rings. The summed E-state index contributed by atoms with van der Waals surface area (Å²) in [4.78, 5) is 69.1. The summed E-state index contributed by atoms with van der Waals surface area (Å²) in [5, 5.41) is 184. The number of amides is 4. The van der Waals surface area contributed by atoms with E-state index in [4.69, 9.17) is 39.9 Å². The van der Waals surface area contributed by atoms with Gasteiger partial charge in [0.1, 0.15) is 141 Å². The number of carbonyl (C=O) groups is 4. The van der Waals surface area contributed by atoms with Crippen LogP contribution in [0.2, 0.25) is 0 Å². The number of ether oxygens (including phenoxy) is 6. The largest absolute Gasteiger partial charge is 0.858 e. The zero-order valence-electron chi connectivity index (χ0n) is 53.1. The number of guanidine groups is 2. The lowest BCUT2D eigenvalue weighted by atomic mass is 9.92. The Hall–Kier alpha value is -8.32. The van der Waals surface area contributed by atoms with Crippen molar-refractivity contribution < 1.29 is 139 Å². The molecule has 0 saturated carbocycles. The summed E-state index contributed by atoms with van der Waals surface area (Å²) in [5.74, 6) is -8.52. The van der Waals surface area contributed by atoms with E-state index < -0.39 is 227 Å². The lowest BCUT2D eigenvalue weighted by molar-refractivity contribution is -0.663. The Morgan fingerprint density at radius 2 is 1.27 bits per heavy atom. The Bertz CT molecular complexity index is 3380. The summed E-state index contributed by atoms with van der Waals surface area (Å²) in [7, 11) is 0. The Labute approximate surface area is 564 Å². The molecule has 26 N–H and O–H groups in total. The summed E-state index contributed by atoms with van der Waals surface area (Å²) in [6, 6.07) is 10.2. The minimum atomic E-state index is -2.30. The van der Waals surface area contributed by atoms with Crippen molar-refractivity contribution in [2.24, 2.45) is 16.5 Å². The molecule has 6 heterocycles. The van der Waals surface area contributed by atoms with Crippen LogP contribution in [0.15, 0.2) is 96.2 Å². The van der Waals surface area contributed by atoms with E-state index in [2.05, 4.69) is 46.9 Å². The van der Waals surface area contributed by atoms with E-state index in [1.807, 2.05) is 30.3 Å². The van der Waals surface area contributed by atoms with Gasteiger partial charge in [-0.05, 0) is 34.9 Å². The molecule has 3 fully saturated rings. The van der Waals surface area contributed by atoms with Crippen molar-refractivity contribution in [1.82, 2.24) is 31.9 Å². The van der Waals surface area contributed by atoms with E-state index in [0.29, 0.717) is 5.56 Å². The van der Waals surface area contributed by atoms with Gasteiger partial charge in [0.25, 0.3) is 0 Å². The molecule has 0 radical (unpaired) electrons. The van der Waals surface area contributed by atoms with Gasteiger partial charge >= 0.3 is 17.8 Å². The number of aliphatic hydroxyl groups is 14. The van der Waals surface area contributed by atoms with Gasteiger partial charge in [-0.1, -0.05) is 79.7 Å². The Morgan fingerprint density at radius 1 is 0.667 bits per heavy atom. The number of carbonyl (C=O) groups excluding carboxylic acids is 4. The second-order valence-electron chi connectivity index (χ2n) is 24.5. The van der Waals surface area contributed by atoms with Crippen LogP contribution in [-0.4, -0.2) is 316 Å². The number of aliphatic hydroxyl groups excluding tert-OH is 14. The predicted octanol–water partition coefficient (Wildman–Crippen LogP) is -15.0. The third kappa shape index (κ3) is 17.6. The molecule has 37 nitrogen and oxygen atoms in total. The smallest absolute Gasteiger partial charge is 0.358 e. The number of aliphatic imine (C=N–C) groups is 1. The van der Waals surface area contributed by atoms with Crippen molar-refractivity contribution in [3.63, 3.8) is 0 Å². The van der Waals surface area contributed by atoms with Crippen molar-refractivity contribution in [3.05, 3.63) is 108 Å². The summed E-state index contributed by atoms with van der Waals surface area (Å²) in [6.07, 6.45) is -28.2. The molecule has 6 aliphatic heterocycles. The maximum absolute atomic E-state index is 15.2. The summed E-state index contributed by atoms with van der Waals surface area (Å²) in [6.45, 7) is -3.13. The van der Waals surface area contributed by atoms with Crippen molar-refractivity contribution in [2.75, 3.05) is 46.1 Å². The maximum atomic E-state index is 15.2. The SMILES string of the molecule is C[C@H](c1ccccc1)[C@H]1N=C([O-])C[NH+]=C(O)C(CO)NC(=O)[C@@H]([C@H](O)[C@@H]2CNC(N)=[N+]2[C@@H]2O[C@@H](CO)[C@H](O)[C@H](O)[C@@H]2O)NC(=O)[C@H]([C@H](O)[C@@H]2C[NH+]=C(N)N2)NC(=O)[C@@H](Cc2ccc(O[C@@H]3O[C@H](CO)[C@H](O[C@@H]4O[C@@H](CO/C=C\c5ccccc5)[C@H](O)[C@H](O)[C@@H]4O)[C@@H](O)[C@H]3O)cc2)NC1=O. The highest BCUT2D eigenvalue weighted by Gasteiger charge is 2.55. The van der Waals surface area contributed by atoms with Gasteiger partial charge in [-0.3, -0.25) is 51.3 Å². The topological polar surface area (TPSA) is 597 Å².